The molecule has 0 bridgehead atoms. The van der Waals surface area contributed by atoms with Gasteiger partial charge in [-0.3, -0.25) is 4.90 Å². The van der Waals surface area contributed by atoms with E-state index in [1.807, 2.05) is 6.07 Å². The number of hydrogen-bond donors (Lipinski definition) is 1. The zero-order valence-electron chi connectivity index (χ0n) is 8.08. The summed E-state index contributed by atoms with van der Waals surface area (Å²) >= 11 is 3.48. The molecule has 1 aliphatic heterocycles. The highest BCUT2D eigenvalue weighted by Crippen LogP contribution is 2.30. The Morgan fingerprint density at radius 2 is 2.21 bits per heavy atom. The lowest BCUT2D eigenvalue weighted by atomic mass is 10.2. The van der Waals surface area contributed by atoms with Crippen molar-refractivity contribution >= 4 is 15.9 Å². The summed E-state index contributed by atoms with van der Waals surface area (Å²) in [7, 11) is 0. The van der Waals surface area contributed by atoms with E-state index >= 15 is 0 Å². The monoisotopic (exact) mass is 258 g/mol. The second kappa shape index (κ2) is 4.47. The molecule has 1 unspecified atom stereocenters. The molecule has 1 saturated heterocycles. The molecule has 14 heavy (non-hydrogen) atoms. The summed E-state index contributed by atoms with van der Waals surface area (Å²) < 4.78 is 6.49. The van der Waals surface area contributed by atoms with Crippen LogP contribution in [0.2, 0.25) is 0 Å². The van der Waals surface area contributed by atoms with Crippen molar-refractivity contribution in [3.05, 3.63) is 22.6 Å². The molecule has 1 aliphatic rings. The summed E-state index contributed by atoms with van der Waals surface area (Å²) in [5.74, 6) is 0.967. The first-order valence-electron chi connectivity index (χ1n) is 5.00. The SMILES string of the molecule is NCC(c1occc1Br)N1CCCC1. The number of hydrogen-bond acceptors (Lipinski definition) is 3. The lowest BCUT2D eigenvalue weighted by Gasteiger charge is -2.24. The Kier molecular flexibility index (Phi) is 3.26. The summed E-state index contributed by atoms with van der Waals surface area (Å²) in [6.45, 7) is 2.89. The van der Waals surface area contributed by atoms with Gasteiger partial charge in [0.05, 0.1) is 16.8 Å². The van der Waals surface area contributed by atoms with Crippen molar-refractivity contribution in [2.24, 2.45) is 5.73 Å². The molecule has 2 heterocycles. The maximum absolute atomic E-state index is 5.79. The van der Waals surface area contributed by atoms with Gasteiger partial charge in [-0.15, -0.1) is 0 Å². The predicted octanol–water partition coefficient (Wildman–Crippen LogP) is 2.14. The Morgan fingerprint density at radius 3 is 2.71 bits per heavy atom. The van der Waals surface area contributed by atoms with E-state index in [9.17, 15) is 0 Å². The highest BCUT2D eigenvalue weighted by atomic mass is 79.9. The van der Waals surface area contributed by atoms with Crippen LogP contribution in [0, 0.1) is 0 Å². The van der Waals surface area contributed by atoms with E-state index in [2.05, 4.69) is 20.8 Å². The molecule has 0 saturated carbocycles. The fourth-order valence-electron chi connectivity index (χ4n) is 2.02. The molecule has 0 aromatic carbocycles. The van der Waals surface area contributed by atoms with Crippen molar-refractivity contribution in [2.75, 3.05) is 19.6 Å². The molecule has 0 spiro atoms. The van der Waals surface area contributed by atoms with E-state index in [1.54, 1.807) is 6.26 Å². The molecule has 4 heteroatoms. The van der Waals surface area contributed by atoms with Gasteiger partial charge in [-0.05, 0) is 47.9 Å². The normalized spacial score (nSPS) is 20.1. The van der Waals surface area contributed by atoms with Crippen LogP contribution in [0.15, 0.2) is 21.2 Å². The van der Waals surface area contributed by atoms with Crippen molar-refractivity contribution in [1.29, 1.82) is 0 Å². The summed E-state index contributed by atoms with van der Waals surface area (Å²) in [6, 6.07) is 2.16. The highest BCUT2D eigenvalue weighted by Gasteiger charge is 2.25. The molecule has 1 fully saturated rings. The van der Waals surface area contributed by atoms with Crippen molar-refractivity contribution in [1.82, 2.24) is 4.90 Å². The number of furan rings is 1. The Balaban J connectivity index is 2.16. The van der Waals surface area contributed by atoms with Crippen LogP contribution in [0.25, 0.3) is 0 Å². The Morgan fingerprint density at radius 1 is 1.50 bits per heavy atom. The number of nitrogens with two attached hydrogens (primary N) is 1. The van der Waals surface area contributed by atoms with E-state index in [4.69, 9.17) is 10.2 Å². The minimum atomic E-state index is 0.238. The fraction of sp³-hybridized carbons (Fsp3) is 0.600. The molecule has 0 amide bonds. The summed E-state index contributed by atoms with van der Waals surface area (Å²) in [4.78, 5) is 2.39. The summed E-state index contributed by atoms with van der Waals surface area (Å²) in [5.41, 5.74) is 5.79. The molecule has 1 aromatic rings. The van der Waals surface area contributed by atoms with Crippen molar-refractivity contribution < 1.29 is 4.42 Å². The zero-order valence-corrected chi connectivity index (χ0v) is 9.66. The largest absolute Gasteiger partial charge is 0.466 e. The van der Waals surface area contributed by atoms with E-state index < -0.39 is 0 Å². The van der Waals surface area contributed by atoms with E-state index in [1.165, 1.54) is 12.8 Å². The molecule has 78 valence electrons. The van der Waals surface area contributed by atoms with Gasteiger partial charge < -0.3 is 10.2 Å². The van der Waals surface area contributed by atoms with Crippen molar-refractivity contribution in [2.45, 2.75) is 18.9 Å². The number of likely N-dealkylation sites (tertiary alicyclic amines) is 1. The average molecular weight is 259 g/mol. The van der Waals surface area contributed by atoms with Crippen molar-refractivity contribution in [3.63, 3.8) is 0 Å². The Labute approximate surface area is 92.4 Å². The van der Waals surface area contributed by atoms with Gasteiger partial charge in [-0.2, -0.15) is 0 Å². The van der Waals surface area contributed by atoms with E-state index in [0.29, 0.717) is 6.54 Å². The third-order valence-electron chi connectivity index (χ3n) is 2.75. The molecular weight excluding hydrogens is 244 g/mol. The van der Waals surface area contributed by atoms with Gasteiger partial charge in [0, 0.05) is 6.54 Å². The van der Waals surface area contributed by atoms with Gasteiger partial charge in [-0.25, -0.2) is 0 Å². The van der Waals surface area contributed by atoms with E-state index in [-0.39, 0.29) is 6.04 Å². The van der Waals surface area contributed by atoms with Gasteiger partial charge in [0.25, 0.3) is 0 Å². The van der Waals surface area contributed by atoms with Gasteiger partial charge in [0.1, 0.15) is 5.76 Å². The van der Waals surface area contributed by atoms with Crippen LogP contribution in [0.3, 0.4) is 0 Å². The Bertz CT molecular complexity index is 294. The van der Waals surface area contributed by atoms with Crippen molar-refractivity contribution in [3.8, 4) is 0 Å². The van der Waals surface area contributed by atoms with Crippen LogP contribution in [-0.2, 0) is 0 Å². The minimum absolute atomic E-state index is 0.238. The minimum Gasteiger partial charge on any atom is -0.466 e. The quantitative estimate of drug-likeness (QED) is 0.904. The van der Waals surface area contributed by atoms with Crippen LogP contribution in [0.5, 0.6) is 0 Å². The number of nitrogens with zero attached hydrogens (tertiary/aromatic N) is 1. The molecule has 0 aliphatic carbocycles. The van der Waals surface area contributed by atoms with Gasteiger partial charge in [0.15, 0.2) is 0 Å². The molecule has 2 rings (SSSR count). The smallest absolute Gasteiger partial charge is 0.136 e. The maximum Gasteiger partial charge on any atom is 0.136 e. The first-order valence-corrected chi connectivity index (χ1v) is 5.79. The molecule has 0 radical (unpaired) electrons. The van der Waals surface area contributed by atoms with Gasteiger partial charge in [0.2, 0.25) is 0 Å². The molecule has 1 atom stereocenters. The third-order valence-corrected chi connectivity index (χ3v) is 3.41. The number of halogens is 1. The standard InChI is InChI=1S/C10H15BrN2O/c11-8-3-6-14-10(8)9(7-12)13-4-1-2-5-13/h3,6,9H,1-2,4-5,7,12H2. The lowest BCUT2D eigenvalue weighted by Crippen LogP contribution is -2.31. The second-order valence-corrected chi connectivity index (χ2v) is 4.48. The molecule has 1 aromatic heterocycles. The highest BCUT2D eigenvalue weighted by molar-refractivity contribution is 9.10. The Hall–Kier alpha value is -0.320. The van der Waals surface area contributed by atoms with Crippen LogP contribution in [0.1, 0.15) is 24.6 Å². The zero-order chi connectivity index (χ0) is 9.97. The molecule has 2 N–H and O–H groups in total. The van der Waals surface area contributed by atoms with Crippen LogP contribution >= 0.6 is 15.9 Å². The molecule has 3 nitrogen and oxygen atoms in total. The van der Waals surface area contributed by atoms with Gasteiger partial charge >= 0.3 is 0 Å². The summed E-state index contributed by atoms with van der Waals surface area (Å²) in [5, 5.41) is 0. The van der Waals surface area contributed by atoms with Crippen LogP contribution in [0.4, 0.5) is 0 Å². The number of rotatable bonds is 3. The van der Waals surface area contributed by atoms with Crippen LogP contribution in [-0.4, -0.2) is 24.5 Å². The lowest BCUT2D eigenvalue weighted by molar-refractivity contribution is 0.219. The van der Waals surface area contributed by atoms with E-state index in [0.717, 1.165) is 23.3 Å². The summed E-state index contributed by atoms with van der Waals surface area (Å²) in [6.07, 6.45) is 4.25. The fourth-order valence-corrected chi connectivity index (χ4v) is 2.48. The van der Waals surface area contributed by atoms with Gasteiger partial charge in [-0.1, -0.05) is 0 Å². The maximum atomic E-state index is 5.79. The topological polar surface area (TPSA) is 42.4 Å². The predicted molar refractivity (Wildman–Crippen MR) is 59.0 cm³/mol. The third kappa shape index (κ3) is 1.87. The average Bonchev–Trinajstić information content (AvgIpc) is 2.80. The second-order valence-electron chi connectivity index (χ2n) is 3.63. The first kappa shape index (κ1) is 10.2. The van der Waals surface area contributed by atoms with Crippen LogP contribution < -0.4 is 5.73 Å². The first-order chi connectivity index (χ1) is 6.83. The molecular formula is C10H15BrN2O.